The molecule has 3 heterocycles. The summed E-state index contributed by atoms with van der Waals surface area (Å²) in [6.45, 7) is 2.36. The van der Waals surface area contributed by atoms with Crippen molar-refractivity contribution in [2.24, 2.45) is 0 Å². The van der Waals surface area contributed by atoms with Crippen LogP contribution in [0.4, 0.5) is 11.8 Å². The molecular weight excluding hydrogens is 316 g/mol. The molecule has 0 aliphatic carbocycles. The Balaban J connectivity index is 1.31. The monoisotopic (exact) mass is 338 g/mol. The van der Waals surface area contributed by atoms with Crippen molar-refractivity contribution in [1.29, 1.82) is 0 Å². The number of aromatic nitrogens is 4. The number of hydrogen-bond acceptors (Lipinski definition) is 6. The molecule has 0 bridgehead atoms. The molecule has 0 saturated carbocycles. The summed E-state index contributed by atoms with van der Waals surface area (Å²) in [6, 6.07) is 8.32. The average molecular weight is 338 g/mol. The van der Waals surface area contributed by atoms with Gasteiger partial charge in [0.25, 0.3) is 0 Å². The molecule has 0 spiro atoms. The number of fused-ring (bicyclic) bond motifs is 1. The molecule has 7 heteroatoms. The van der Waals surface area contributed by atoms with E-state index in [0.717, 1.165) is 50.3 Å². The highest BCUT2D eigenvalue weighted by Crippen LogP contribution is 2.18. The summed E-state index contributed by atoms with van der Waals surface area (Å²) >= 11 is 0. The molecule has 1 saturated heterocycles. The van der Waals surface area contributed by atoms with Gasteiger partial charge in [-0.05, 0) is 30.9 Å². The second kappa shape index (κ2) is 7.48. The Morgan fingerprint density at radius 1 is 1.24 bits per heavy atom. The van der Waals surface area contributed by atoms with Crippen LogP contribution in [0, 0.1) is 0 Å². The van der Waals surface area contributed by atoms with Crippen molar-refractivity contribution >= 4 is 22.7 Å². The summed E-state index contributed by atoms with van der Waals surface area (Å²) in [5, 5.41) is 15.8. The van der Waals surface area contributed by atoms with Crippen molar-refractivity contribution < 1.29 is 4.74 Å². The van der Waals surface area contributed by atoms with Gasteiger partial charge in [0.05, 0.1) is 12.3 Å². The summed E-state index contributed by atoms with van der Waals surface area (Å²) in [5.74, 6) is 1.26. The molecule has 1 aliphatic heterocycles. The lowest BCUT2D eigenvalue weighted by Gasteiger charge is -2.11. The minimum Gasteiger partial charge on any atom is -0.376 e. The number of hydrogen-bond donors (Lipinski definition) is 3. The third kappa shape index (κ3) is 3.88. The number of rotatable bonds is 7. The van der Waals surface area contributed by atoms with Crippen molar-refractivity contribution in [2.75, 3.05) is 30.3 Å². The van der Waals surface area contributed by atoms with Crippen LogP contribution >= 0.6 is 0 Å². The molecular formula is C18H22N6O. The summed E-state index contributed by atoms with van der Waals surface area (Å²) < 4.78 is 5.60. The molecule has 0 amide bonds. The van der Waals surface area contributed by atoms with Crippen molar-refractivity contribution in [3.05, 3.63) is 42.2 Å². The fourth-order valence-corrected chi connectivity index (χ4v) is 3.13. The molecule has 25 heavy (non-hydrogen) atoms. The summed E-state index contributed by atoms with van der Waals surface area (Å²) in [4.78, 5) is 7.75. The first-order valence-corrected chi connectivity index (χ1v) is 8.72. The largest absolute Gasteiger partial charge is 0.376 e. The van der Waals surface area contributed by atoms with Crippen LogP contribution in [0.5, 0.6) is 0 Å². The molecule has 1 aromatic carbocycles. The van der Waals surface area contributed by atoms with E-state index in [1.54, 1.807) is 6.20 Å². The van der Waals surface area contributed by atoms with Crippen LogP contribution in [0.1, 0.15) is 18.4 Å². The number of nitrogens with one attached hydrogen (secondary N) is 3. The zero-order valence-electron chi connectivity index (χ0n) is 14.0. The average Bonchev–Trinajstić information content (AvgIpc) is 3.31. The first-order valence-electron chi connectivity index (χ1n) is 8.72. The number of aromatic amines is 1. The van der Waals surface area contributed by atoms with E-state index < -0.39 is 0 Å². The van der Waals surface area contributed by atoms with Gasteiger partial charge in [-0.2, -0.15) is 10.1 Å². The standard InChI is InChI=1S/C18H22N6O/c1-2-6-16-15(5-1)13(10-20-16)7-8-19-18-23-17(12-22-24-18)21-11-14-4-3-9-25-14/h1-2,5-6,10,12,14,20H,3-4,7-9,11H2,(H2,19,21,23,24). The second-order valence-electron chi connectivity index (χ2n) is 6.22. The highest BCUT2D eigenvalue weighted by atomic mass is 16.5. The van der Waals surface area contributed by atoms with E-state index in [0.29, 0.717) is 5.95 Å². The van der Waals surface area contributed by atoms with Crippen LogP contribution in [0.2, 0.25) is 0 Å². The van der Waals surface area contributed by atoms with E-state index in [1.807, 2.05) is 6.07 Å². The van der Waals surface area contributed by atoms with E-state index in [9.17, 15) is 0 Å². The summed E-state index contributed by atoms with van der Waals surface area (Å²) in [5.41, 5.74) is 2.44. The zero-order valence-corrected chi connectivity index (χ0v) is 14.0. The molecule has 1 unspecified atom stereocenters. The molecule has 130 valence electrons. The van der Waals surface area contributed by atoms with Crippen LogP contribution in [0.3, 0.4) is 0 Å². The van der Waals surface area contributed by atoms with Gasteiger partial charge in [0, 0.05) is 36.8 Å². The van der Waals surface area contributed by atoms with Gasteiger partial charge in [0.15, 0.2) is 5.82 Å². The Bertz CT molecular complexity index is 827. The maximum atomic E-state index is 5.60. The number of anilines is 2. The molecule has 4 rings (SSSR count). The summed E-state index contributed by atoms with van der Waals surface area (Å²) in [7, 11) is 0. The van der Waals surface area contributed by atoms with Gasteiger partial charge in [0.2, 0.25) is 5.95 Å². The van der Waals surface area contributed by atoms with Crippen molar-refractivity contribution in [3.63, 3.8) is 0 Å². The maximum absolute atomic E-state index is 5.60. The van der Waals surface area contributed by atoms with Gasteiger partial charge >= 0.3 is 0 Å². The predicted molar refractivity (Wildman–Crippen MR) is 97.8 cm³/mol. The molecule has 3 aromatic rings. The number of para-hydroxylation sites is 1. The van der Waals surface area contributed by atoms with Gasteiger partial charge in [-0.25, -0.2) is 0 Å². The minimum atomic E-state index is 0.272. The highest BCUT2D eigenvalue weighted by molar-refractivity contribution is 5.83. The van der Waals surface area contributed by atoms with Crippen LogP contribution in [-0.2, 0) is 11.2 Å². The first-order chi connectivity index (χ1) is 12.4. The van der Waals surface area contributed by atoms with E-state index in [4.69, 9.17) is 4.74 Å². The Labute approximate surface area is 146 Å². The lowest BCUT2D eigenvalue weighted by atomic mass is 10.1. The molecule has 7 nitrogen and oxygen atoms in total. The molecule has 2 aromatic heterocycles. The van der Waals surface area contributed by atoms with Crippen LogP contribution in [0.15, 0.2) is 36.7 Å². The minimum absolute atomic E-state index is 0.272. The van der Waals surface area contributed by atoms with E-state index in [-0.39, 0.29) is 6.10 Å². The predicted octanol–water partition coefficient (Wildman–Crippen LogP) is 2.60. The van der Waals surface area contributed by atoms with Gasteiger partial charge in [-0.3, -0.25) is 0 Å². The van der Waals surface area contributed by atoms with Crippen LogP contribution < -0.4 is 10.6 Å². The highest BCUT2D eigenvalue weighted by Gasteiger charge is 2.15. The third-order valence-electron chi connectivity index (χ3n) is 4.45. The van der Waals surface area contributed by atoms with Crippen molar-refractivity contribution in [3.8, 4) is 0 Å². The Morgan fingerprint density at radius 2 is 2.20 bits per heavy atom. The topological polar surface area (TPSA) is 87.8 Å². The van der Waals surface area contributed by atoms with E-state index in [2.05, 4.69) is 55.2 Å². The van der Waals surface area contributed by atoms with Crippen molar-refractivity contribution in [2.45, 2.75) is 25.4 Å². The molecule has 1 fully saturated rings. The number of ether oxygens (including phenoxy) is 1. The smallest absolute Gasteiger partial charge is 0.244 e. The fourth-order valence-electron chi connectivity index (χ4n) is 3.13. The maximum Gasteiger partial charge on any atom is 0.244 e. The van der Waals surface area contributed by atoms with Crippen LogP contribution in [0.25, 0.3) is 10.9 Å². The SMILES string of the molecule is c1ccc2c(CCNc3nncc(NCC4CCCO4)n3)c[nH]c2c1. The van der Waals surface area contributed by atoms with Gasteiger partial charge in [-0.15, -0.1) is 5.10 Å². The lowest BCUT2D eigenvalue weighted by Crippen LogP contribution is -2.19. The first kappa shape index (κ1) is 15.8. The van der Waals surface area contributed by atoms with E-state index in [1.165, 1.54) is 10.9 Å². The number of nitrogens with zero attached hydrogens (tertiary/aromatic N) is 3. The van der Waals surface area contributed by atoms with E-state index >= 15 is 0 Å². The molecule has 3 N–H and O–H groups in total. The fraction of sp³-hybridized carbons (Fsp3) is 0.389. The number of H-pyrrole nitrogens is 1. The zero-order chi connectivity index (χ0) is 16.9. The second-order valence-corrected chi connectivity index (χ2v) is 6.22. The molecule has 0 radical (unpaired) electrons. The van der Waals surface area contributed by atoms with Crippen molar-refractivity contribution in [1.82, 2.24) is 20.2 Å². The molecule has 1 atom stereocenters. The van der Waals surface area contributed by atoms with Crippen LogP contribution in [-0.4, -0.2) is 46.0 Å². The quantitative estimate of drug-likeness (QED) is 0.614. The molecule has 1 aliphatic rings. The summed E-state index contributed by atoms with van der Waals surface area (Å²) in [6.07, 6.45) is 7.09. The van der Waals surface area contributed by atoms with Gasteiger partial charge < -0.3 is 20.4 Å². The Kier molecular flexibility index (Phi) is 4.74. The number of benzene rings is 1. The van der Waals surface area contributed by atoms with Gasteiger partial charge in [-0.1, -0.05) is 18.2 Å². The normalized spacial score (nSPS) is 17.0. The lowest BCUT2D eigenvalue weighted by molar-refractivity contribution is 0.120. The Morgan fingerprint density at radius 3 is 3.12 bits per heavy atom. The van der Waals surface area contributed by atoms with Gasteiger partial charge in [0.1, 0.15) is 0 Å². The third-order valence-corrected chi connectivity index (χ3v) is 4.45. The Hall–Kier alpha value is -2.67.